The van der Waals surface area contributed by atoms with E-state index < -0.39 is 0 Å². The van der Waals surface area contributed by atoms with Crippen molar-refractivity contribution in [2.45, 2.75) is 40.5 Å². The number of hydrogen-bond acceptors (Lipinski definition) is 2. The molecule has 1 aromatic heterocycles. The van der Waals surface area contributed by atoms with Crippen molar-refractivity contribution in [1.82, 2.24) is 4.98 Å². The first-order chi connectivity index (χ1) is 7.16. The number of nitrogens with zero attached hydrogens (tertiary/aromatic N) is 1. The van der Waals surface area contributed by atoms with Crippen molar-refractivity contribution >= 4 is 21.6 Å². The number of hydrogen-bond donors (Lipinski definition) is 0. The Hall–Kier alpha value is -0.890. The fraction of sp³-hybridized carbons (Fsp3) is 0.462. The smallest absolute Gasteiger partial charge is 0.0907 e. The monoisotopic (exact) mass is 221 g/mol. The van der Waals surface area contributed by atoms with Gasteiger partial charge in [-0.2, -0.15) is 0 Å². The fourth-order valence-electron chi connectivity index (χ4n) is 1.42. The SMILES string of the molecule is CC.Cc1nc2cc(C(C)C)ccc2s1. The van der Waals surface area contributed by atoms with Crippen LogP contribution in [0.4, 0.5) is 0 Å². The molecule has 0 N–H and O–H groups in total. The molecule has 2 rings (SSSR count). The van der Waals surface area contributed by atoms with Crippen LogP contribution >= 0.6 is 11.3 Å². The van der Waals surface area contributed by atoms with E-state index in [2.05, 4.69) is 44.0 Å². The standard InChI is InChI=1S/C11H13NS.C2H6/c1-7(2)9-4-5-11-10(6-9)12-8(3)13-11;1-2/h4-7H,1-3H3;1-2H3. The molecule has 0 bridgehead atoms. The van der Waals surface area contributed by atoms with Crippen molar-refractivity contribution in [2.75, 3.05) is 0 Å². The molecule has 1 nitrogen and oxygen atoms in total. The maximum absolute atomic E-state index is 4.47. The number of aromatic nitrogens is 1. The van der Waals surface area contributed by atoms with Crippen LogP contribution < -0.4 is 0 Å². The van der Waals surface area contributed by atoms with Gasteiger partial charge < -0.3 is 0 Å². The van der Waals surface area contributed by atoms with Gasteiger partial charge in [0.15, 0.2) is 0 Å². The molecule has 0 atom stereocenters. The number of thiazole rings is 1. The first-order valence-electron chi connectivity index (χ1n) is 5.54. The second-order valence-electron chi connectivity index (χ2n) is 3.61. The molecule has 1 aromatic carbocycles. The van der Waals surface area contributed by atoms with E-state index in [0.717, 1.165) is 10.5 Å². The summed E-state index contributed by atoms with van der Waals surface area (Å²) in [5, 5.41) is 1.15. The third-order valence-electron chi connectivity index (χ3n) is 2.19. The first-order valence-corrected chi connectivity index (χ1v) is 6.35. The maximum Gasteiger partial charge on any atom is 0.0907 e. The van der Waals surface area contributed by atoms with E-state index in [1.807, 2.05) is 13.8 Å². The van der Waals surface area contributed by atoms with Crippen LogP contribution in [0.5, 0.6) is 0 Å². The molecule has 2 heteroatoms. The molecule has 0 aliphatic carbocycles. The summed E-state index contributed by atoms with van der Waals surface area (Å²) in [6.07, 6.45) is 0. The highest BCUT2D eigenvalue weighted by Crippen LogP contribution is 2.25. The van der Waals surface area contributed by atoms with E-state index in [9.17, 15) is 0 Å². The molecule has 0 saturated heterocycles. The van der Waals surface area contributed by atoms with Crippen molar-refractivity contribution in [3.63, 3.8) is 0 Å². The lowest BCUT2D eigenvalue weighted by molar-refractivity contribution is 0.868. The van der Waals surface area contributed by atoms with Gasteiger partial charge in [0.05, 0.1) is 15.2 Å². The predicted molar refractivity (Wildman–Crippen MR) is 69.8 cm³/mol. The summed E-state index contributed by atoms with van der Waals surface area (Å²) in [4.78, 5) is 4.47. The van der Waals surface area contributed by atoms with Gasteiger partial charge in [-0.25, -0.2) is 4.98 Å². The predicted octanol–water partition coefficient (Wildman–Crippen LogP) is 4.75. The second kappa shape index (κ2) is 5.26. The molecule has 0 fully saturated rings. The molecule has 0 aliphatic heterocycles. The summed E-state index contributed by atoms with van der Waals surface area (Å²) in [6, 6.07) is 6.57. The van der Waals surface area contributed by atoms with Crippen molar-refractivity contribution in [1.29, 1.82) is 0 Å². The summed E-state index contributed by atoms with van der Waals surface area (Å²) >= 11 is 1.76. The van der Waals surface area contributed by atoms with Gasteiger partial charge in [0.1, 0.15) is 0 Å². The largest absolute Gasteiger partial charge is 0.242 e. The van der Waals surface area contributed by atoms with E-state index in [4.69, 9.17) is 0 Å². The Labute approximate surface area is 96.2 Å². The molecule has 0 spiro atoms. The summed E-state index contributed by atoms with van der Waals surface area (Å²) < 4.78 is 1.29. The minimum Gasteiger partial charge on any atom is -0.242 e. The van der Waals surface area contributed by atoms with Gasteiger partial charge in [0, 0.05) is 0 Å². The van der Waals surface area contributed by atoms with Crippen LogP contribution in [0.3, 0.4) is 0 Å². The zero-order valence-corrected chi connectivity index (χ0v) is 11.0. The van der Waals surface area contributed by atoms with Crippen LogP contribution in [0.2, 0.25) is 0 Å². The van der Waals surface area contributed by atoms with Crippen molar-refractivity contribution < 1.29 is 0 Å². The third-order valence-corrected chi connectivity index (χ3v) is 3.14. The zero-order valence-electron chi connectivity index (χ0n) is 10.2. The Morgan fingerprint density at radius 1 is 1.20 bits per heavy atom. The van der Waals surface area contributed by atoms with Crippen LogP contribution in [0.15, 0.2) is 18.2 Å². The molecular weight excluding hydrogens is 202 g/mol. The number of fused-ring (bicyclic) bond motifs is 1. The lowest BCUT2D eigenvalue weighted by atomic mass is 10.0. The normalized spacial score (nSPS) is 10.3. The maximum atomic E-state index is 4.47. The van der Waals surface area contributed by atoms with E-state index >= 15 is 0 Å². The summed E-state index contributed by atoms with van der Waals surface area (Å²) in [6.45, 7) is 10.5. The van der Waals surface area contributed by atoms with E-state index in [0.29, 0.717) is 5.92 Å². The quantitative estimate of drug-likeness (QED) is 0.677. The van der Waals surface area contributed by atoms with Crippen molar-refractivity contribution in [2.24, 2.45) is 0 Å². The summed E-state index contributed by atoms with van der Waals surface area (Å²) in [5.41, 5.74) is 2.52. The van der Waals surface area contributed by atoms with E-state index in [1.54, 1.807) is 11.3 Å². The van der Waals surface area contributed by atoms with Crippen molar-refractivity contribution in [3.05, 3.63) is 28.8 Å². The summed E-state index contributed by atoms with van der Waals surface area (Å²) in [7, 11) is 0. The molecule has 1 heterocycles. The molecule has 0 amide bonds. The molecule has 2 aromatic rings. The third kappa shape index (κ3) is 2.78. The average molecular weight is 221 g/mol. The topological polar surface area (TPSA) is 12.9 Å². The van der Waals surface area contributed by atoms with E-state index in [-0.39, 0.29) is 0 Å². The molecule has 0 radical (unpaired) electrons. The number of rotatable bonds is 1. The molecule has 0 saturated carbocycles. The Balaban J connectivity index is 0.000000531. The van der Waals surface area contributed by atoms with Crippen LogP contribution in [-0.4, -0.2) is 4.98 Å². The molecular formula is C13H19NS. The van der Waals surface area contributed by atoms with Crippen LogP contribution in [0.1, 0.15) is 44.2 Å². The van der Waals surface area contributed by atoms with Gasteiger partial charge in [-0.05, 0) is 30.5 Å². The molecule has 82 valence electrons. The Morgan fingerprint density at radius 3 is 2.47 bits per heavy atom. The Morgan fingerprint density at radius 2 is 1.87 bits per heavy atom. The van der Waals surface area contributed by atoms with Gasteiger partial charge >= 0.3 is 0 Å². The van der Waals surface area contributed by atoms with Crippen molar-refractivity contribution in [3.8, 4) is 0 Å². The van der Waals surface area contributed by atoms with Gasteiger partial charge in [-0.1, -0.05) is 33.8 Å². The minimum atomic E-state index is 0.589. The van der Waals surface area contributed by atoms with Crippen LogP contribution in [0, 0.1) is 6.92 Å². The van der Waals surface area contributed by atoms with Gasteiger partial charge in [0.2, 0.25) is 0 Å². The highest BCUT2D eigenvalue weighted by molar-refractivity contribution is 7.18. The fourth-order valence-corrected chi connectivity index (χ4v) is 2.23. The molecule has 0 aliphatic rings. The van der Waals surface area contributed by atoms with Gasteiger partial charge in [-0.15, -0.1) is 11.3 Å². The first kappa shape index (κ1) is 12.2. The van der Waals surface area contributed by atoms with Crippen LogP contribution in [0.25, 0.3) is 10.2 Å². The Kier molecular flexibility index (Phi) is 4.28. The van der Waals surface area contributed by atoms with Crippen LogP contribution in [-0.2, 0) is 0 Å². The highest BCUT2D eigenvalue weighted by atomic mass is 32.1. The minimum absolute atomic E-state index is 0.589. The Bertz CT molecular complexity index is 429. The average Bonchev–Trinajstić information content (AvgIpc) is 2.59. The van der Waals surface area contributed by atoms with E-state index in [1.165, 1.54) is 10.3 Å². The van der Waals surface area contributed by atoms with Gasteiger partial charge in [-0.3, -0.25) is 0 Å². The lowest BCUT2D eigenvalue weighted by Crippen LogP contribution is -1.85. The molecule has 0 unspecified atom stereocenters. The highest BCUT2D eigenvalue weighted by Gasteiger charge is 2.03. The number of aryl methyl sites for hydroxylation is 1. The van der Waals surface area contributed by atoms with Gasteiger partial charge in [0.25, 0.3) is 0 Å². The zero-order chi connectivity index (χ0) is 11.4. The summed E-state index contributed by atoms with van der Waals surface area (Å²) in [5.74, 6) is 0.589. The second-order valence-corrected chi connectivity index (χ2v) is 4.85. The number of benzene rings is 1. The lowest BCUT2D eigenvalue weighted by Gasteiger charge is -2.03. The molecule has 15 heavy (non-hydrogen) atoms.